The Labute approximate surface area is 91.6 Å². The fourth-order valence-corrected chi connectivity index (χ4v) is 2.29. The van der Waals surface area contributed by atoms with E-state index in [1.165, 1.54) is 24.0 Å². The van der Waals surface area contributed by atoms with E-state index in [0.29, 0.717) is 5.92 Å². The average molecular weight is 205 g/mol. The SMILES string of the molecule is COc1cc(C)ccc1C1CCNCC1. The van der Waals surface area contributed by atoms with Gasteiger partial charge >= 0.3 is 0 Å². The lowest BCUT2D eigenvalue weighted by Gasteiger charge is -2.24. The molecule has 1 aromatic carbocycles. The highest BCUT2D eigenvalue weighted by Crippen LogP contribution is 2.32. The van der Waals surface area contributed by atoms with Crippen molar-refractivity contribution < 1.29 is 4.74 Å². The molecule has 82 valence electrons. The Morgan fingerprint density at radius 3 is 2.67 bits per heavy atom. The number of rotatable bonds is 2. The fraction of sp³-hybridized carbons (Fsp3) is 0.538. The Hall–Kier alpha value is -1.02. The molecule has 1 heterocycles. The molecule has 2 heteroatoms. The highest BCUT2D eigenvalue weighted by molar-refractivity contribution is 5.39. The first-order valence-electron chi connectivity index (χ1n) is 5.66. The maximum absolute atomic E-state index is 5.46. The Bertz CT molecular complexity index is 329. The van der Waals surface area contributed by atoms with E-state index in [1.807, 2.05) is 0 Å². The lowest BCUT2D eigenvalue weighted by Crippen LogP contribution is -2.26. The molecule has 1 N–H and O–H groups in total. The summed E-state index contributed by atoms with van der Waals surface area (Å²) in [4.78, 5) is 0. The lowest BCUT2D eigenvalue weighted by molar-refractivity contribution is 0.391. The Balaban J connectivity index is 2.25. The molecule has 0 unspecified atom stereocenters. The summed E-state index contributed by atoms with van der Waals surface area (Å²) in [5.74, 6) is 1.73. The molecule has 1 fully saturated rings. The third kappa shape index (κ3) is 2.32. The van der Waals surface area contributed by atoms with Gasteiger partial charge in [-0.25, -0.2) is 0 Å². The van der Waals surface area contributed by atoms with Gasteiger partial charge in [-0.15, -0.1) is 0 Å². The van der Waals surface area contributed by atoms with E-state index in [2.05, 4.69) is 30.4 Å². The molecule has 1 aliphatic rings. The van der Waals surface area contributed by atoms with E-state index in [9.17, 15) is 0 Å². The van der Waals surface area contributed by atoms with Crippen molar-refractivity contribution in [1.82, 2.24) is 5.32 Å². The topological polar surface area (TPSA) is 21.3 Å². The van der Waals surface area contributed by atoms with Crippen LogP contribution in [0.15, 0.2) is 18.2 Å². The predicted octanol–water partition coefficient (Wildman–Crippen LogP) is 2.47. The molecule has 0 aromatic heterocycles. The summed E-state index contributed by atoms with van der Waals surface area (Å²) in [5, 5.41) is 3.39. The third-order valence-electron chi connectivity index (χ3n) is 3.17. The number of benzene rings is 1. The van der Waals surface area contributed by atoms with Crippen molar-refractivity contribution in [3.63, 3.8) is 0 Å². The number of ether oxygens (including phenoxy) is 1. The van der Waals surface area contributed by atoms with Gasteiger partial charge in [0, 0.05) is 0 Å². The summed E-state index contributed by atoms with van der Waals surface area (Å²) in [7, 11) is 1.76. The van der Waals surface area contributed by atoms with E-state index >= 15 is 0 Å². The van der Waals surface area contributed by atoms with Gasteiger partial charge in [0.05, 0.1) is 7.11 Å². The minimum absolute atomic E-state index is 0.668. The zero-order valence-corrected chi connectivity index (χ0v) is 9.55. The molecule has 0 aliphatic carbocycles. The predicted molar refractivity (Wildman–Crippen MR) is 62.6 cm³/mol. The first-order valence-corrected chi connectivity index (χ1v) is 5.66. The summed E-state index contributed by atoms with van der Waals surface area (Å²) >= 11 is 0. The second-order valence-electron chi connectivity index (χ2n) is 4.27. The minimum Gasteiger partial charge on any atom is -0.496 e. The fourth-order valence-electron chi connectivity index (χ4n) is 2.29. The maximum atomic E-state index is 5.46. The Morgan fingerprint density at radius 2 is 2.00 bits per heavy atom. The van der Waals surface area contributed by atoms with Crippen LogP contribution in [0.25, 0.3) is 0 Å². The standard InChI is InChI=1S/C13H19NO/c1-10-3-4-12(13(9-10)15-2)11-5-7-14-8-6-11/h3-4,9,11,14H,5-8H2,1-2H3. The van der Waals surface area contributed by atoms with Gasteiger partial charge in [0.2, 0.25) is 0 Å². The smallest absolute Gasteiger partial charge is 0.122 e. The van der Waals surface area contributed by atoms with Gasteiger partial charge in [0.25, 0.3) is 0 Å². The monoisotopic (exact) mass is 205 g/mol. The van der Waals surface area contributed by atoms with Gasteiger partial charge in [0.15, 0.2) is 0 Å². The van der Waals surface area contributed by atoms with Crippen LogP contribution >= 0.6 is 0 Å². The van der Waals surface area contributed by atoms with Crippen molar-refractivity contribution in [2.75, 3.05) is 20.2 Å². The Kier molecular flexibility index (Phi) is 3.27. The highest BCUT2D eigenvalue weighted by atomic mass is 16.5. The maximum Gasteiger partial charge on any atom is 0.122 e. The van der Waals surface area contributed by atoms with E-state index in [0.717, 1.165) is 18.8 Å². The first kappa shape index (κ1) is 10.5. The molecular weight excluding hydrogens is 186 g/mol. The molecule has 0 amide bonds. The lowest BCUT2D eigenvalue weighted by atomic mass is 9.89. The molecule has 2 rings (SSSR count). The molecular formula is C13H19NO. The van der Waals surface area contributed by atoms with Crippen molar-refractivity contribution >= 4 is 0 Å². The van der Waals surface area contributed by atoms with Crippen LogP contribution in [0.2, 0.25) is 0 Å². The highest BCUT2D eigenvalue weighted by Gasteiger charge is 2.18. The zero-order chi connectivity index (χ0) is 10.7. The summed E-state index contributed by atoms with van der Waals surface area (Å²) in [6, 6.07) is 6.54. The van der Waals surface area contributed by atoms with Crippen LogP contribution in [0.1, 0.15) is 29.9 Å². The molecule has 1 aliphatic heterocycles. The number of methoxy groups -OCH3 is 1. The van der Waals surface area contributed by atoms with E-state index in [-0.39, 0.29) is 0 Å². The van der Waals surface area contributed by atoms with Gasteiger partial charge in [0.1, 0.15) is 5.75 Å². The normalized spacial score (nSPS) is 17.7. The zero-order valence-electron chi connectivity index (χ0n) is 9.55. The molecule has 0 bridgehead atoms. The molecule has 0 saturated carbocycles. The molecule has 2 nitrogen and oxygen atoms in total. The van der Waals surface area contributed by atoms with Gasteiger partial charge in [-0.3, -0.25) is 0 Å². The number of hydrogen-bond acceptors (Lipinski definition) is 2. The Morgan fingerprint density at radius 1 is 1.27 bits per heavy atom. The van der Waals surface area contributed by atoms with Gasteiger partial charge in [-0.1, -0.05) is 12.1 Å². The van der Waals surface area contributed by atoms with Crippen LogP contribution < -0.4 is 10.1 Å². The number of hydrogen-bond donors (Lipinski definition) is 1. The van der Waals surface area contributed by atoms with Gasteiger partial charge in [-0.2, -0.15) is 0 Å². The van der Waals surface area contributed by atoms with Crippen molar-refractivity contribution in [3.05, 3.63) is 29.3 Å². The first-order chi connectivity index (χ1) is 7.31. The summed E-state index contributed by atoms with van der Waals surface area (Å²) in [6.45, 7) is 4.36. The number of piperidine rings is 1. The molecule has 1 aromatic rings. The van der Waals surface area contributed by atoms with Gasteiger partial charge < -0.3 is 10.1 Å². The van der Waals surface area contributed by atoms with Crippen LogP contribution in [-0.4, -0.2) is 20.2 Å². The molecule has 0 spiro atoms. The van der Waals surface area contributed by atoms with Gasteiger partial charge in [-0.05, 0) is 56.0 Å². The minimum atomic E-state index is 0.668. The largest absolute Gasteiger partial charge is 0.496 e. The molecule has 1 saturated heterocycles. The summed E-state index contributed by atoms with van der Waals surface area (Å²) in [5.41, 5.74) is 2.65. The van der Waals surface area contributed by atoms with Crippen molar-refractivity contribution in [3.8, 4) is 5.75 Å². The molecule has 0 radical (unpaired) electrons. The van der Waals surface area contributed by atoms with Crippen LogP contribution in [0, 0.1) is 6.92 Å². The van der Waals surface area contributed by atoms with E-state index in [1.54, 1.807) is 7.11 Å². The number of aryl methyl sites for hydroxylation is 1. The van der Waals surface area contributed by atoms with Crippen molar-refractivity contribution in [1.29, 1.82) is 0 Å². The second kappa shape index (κ2) is 4.67. The quantitative estimate of drug-likeness (QED) is 0.801. The third-order valence-corrected chi connectivity index (χ3v) is 3.17. The number of nitrogens with one attached hydrogen (secondary N) is 1. The van der Waals surface area contributed by atoms with Crippen LogP contribution in [0.3, 0.4) is 0 Å². The molecule has 15 heavy (non-hydrogen) atoms. The second-order valence-corrected chi connectivity index (χ2v) is 4.27. The van der Waals surface area contributed by atoms with E-state index in [4.69, 9.17) is 4.74 Å². The average Bonchev–Trinajstić information content (AvgIpc) is 2.30. The van der Waals surface area contributed by atoms with Crippen LogP contribution in [0.4, 0.5) is 0 Å². The van der Waals surface area contributed by atoms with E-state index < -0.39 is 0 Å². The molecule has 0 atom stereocenters. The summed E-state index contributed by atoms with van der Waals surface area (Å²) in [6.07, 6.45) is 2.44. The van der Waals surface area contributed by atoms with Crippen molar-refractivity contribution in [2.24, 2.45) is 0 Å². The van der Waals surface area contributed by atoms with Crippen molar-refractivity contribution in [2.45, 2.75) is 25.7 Å². The van der Waals surface area contributed by atoms with Crippen LogP contribution in [-0.2, 0) is 0 Å². The van der Waals surface area contributed by atoms with Crippen LogP contribution in [0.5, 0.6) is 5.75 Å². The summed E-state index contributed by atoms with van der Waals surface area (Å²) < 4.78 is 5.46.